The second kappa shape index (κ2) is 8.35. The topological polar surface area (TPSA) is 76.7 Å². The van der Waals surface area contributed by atoms with Gasteiger partial charge in [0.2, 0.25) is 10.0 Å². The number of hydrogen-bond donors (Lipinski definition) is 2. The van der Waals surface area contributed by atoms with Gasteiger partial charge in [-0.25, -0.2) is 13.1 Å². The van der Waals surface area contributed by atoms with E-state index in [0.717, 1.165) is 6.54 Å². The average Bonchev–Trinajstić information content (AvgIpc) is 2.45. The van der Waals surface area contributed by atoms with Crippen molar-refractivity contribution in [2.24, 2.45) is 0 Å². The first-order valence-electron chi connectivity index (χ1n) is 6.76. The van der Waals surface area contributed by atoms with Gasteiger partial charge < -0.3 is 14.8 Å². The summed E-state index contributed by atoms with van der Waals surface area (Å²) in [7, 11) is -3.61. The number of fused-ring (bicyclic) bond motifs is 1. The molecule has 2 rings (SSSR count). The van der Waals surface area contributed by atoms with Gasteiger partial charge in [0.05, 0.1) is 0 Å². The van der Waals surface area contributed by atoms with Crippen molar-refractivity contribution >= 4 is 38.4 Å². The van der Waals surface area contributed by atoms with Gasteiger partial charge in [-0.05, 0) is 35.5 Å². The van der Waals surface area contributed by atoms with Crippen LogP contribution in [0, 0.1) is 0 Å². The molecule has 0 radical (unpaired) electrons. The van der Waals surface area contributed by atoms with Crippen LogP contribution in [0.3, 0.4) is 0 Å². The maximum atomic E-state index is 12.4. The number of sulfonamides is 1. The van der Waals surface area contributed by atoms with Crippen LogP contribution in [0.4, 0.5) is 0 Å². The van der Waals surface area contributed by atoms with Crippen molar-refractivity contribution in [2.45, 2.75) is 24.8 Å². The zero-order valence-electron chi connectivity index (χ0n) is 12.4. The van der Waals surface area contributed by atoms with Gasteiger partial charge in [-0.3, -0.25) is 0 Å². The lowest BCUT2D eigenvalue weighted by Crippen LogP contribution is -2.38. The van der Waals surface area contributed by atoms with Crippen LogP contribution in [0.5, 0.6) is 11.5 Å². The second-order valence-electron chi connectivity index (χ2n) is 4.74. The molecule has 126 valence electrons. The summed E-state index contributed by atoms with van der Waals surface area (Å²) in [6.07, 6.45) is 0. The zero-order valence-corrected chi connectivity index (χ0v) is 15.6. The van der Waals surface area contributed by atoms with Gasteiger partial charge in [-0.15, -0.1) is 12.4 Å². The molecular weight excluding hydrogens is 396 g/mol. The van der Waals surface area contributed by atoms with E-state index < -0.39 is 10.0 Å². The molecule has 1 aliphatic rings. The molecule has 0 aliphatic carbocycles. The van der Waals surface area contributed by atoms with Crippen molar-refractivity contribution in [1.82, 2.24) is 10.0 Å². The third kappa shape index (κ3) is 4.73. The van der Waals surface area contributed by atoms with Gasteiger partial charge in [0.15, 0.2) is 11.5 Å². The van der Waals surface area contributed by atoms with Crippen LogP contribution in [0.15, 0.2) is 21.5 Å². The Kier molecular flexibility index (Phi) is 7.40. The number of likely N-dealkylation sites (N-methyl/N-ethyl adjacent to an activating group) is 1. The number of ether oxygens (including phenoxy) is 2. The van der Waals surface area contributed by atoms with Crippen molar-refractivity contribution in [3.05, 3.63) is 16.6 Å². The highest BCUT2D eigenvalue weighted by Gasteiger charge is 2.23. The summed E-state index contributed by atoms with van der Waals surface area (Å²) in [4.78, 5) is 0.149. The number of halogens is 2. The highest BCUT2D eigenvalue weighted by atomic mass is 79.9. The minimum absolute atomic E-state index is 0. The lowest BCUT2D eigenvalue weighted by molar-refractivity contribution is 0.171. The molecule has 0 unspecified atom stereocenters. The van der Waals surface area contributed by atoms with Crippen molar-refractivity contribution in [3.8, 4) is 11.5 Å². The van der Waals surface area contributed by atoms with E-state index in [1.54, 1.807) is 6.07 Å². The normalized spacial score (nSPS) is 15.0. The first-order valence-corrected chi connectivity index (χ1v) is 9.04. The Bertz CT molecular complexity index is 612. The maximum absolute atomic E-state index is 12.4. The molecule has 1 aromatic rings. The van der Waals surface area contributed by atoms with E-state index in [2.05, 4.69) is 26.0 Å². The highest BCUT2D eigenvalue weighted by molar-refractivity contribution is 9.10. The van der Waals surface area contributed by atoms with Crippen molar-refractivity contribution in [2.75, 3.05) is 26.3 Å². The lowest BCUT2D eigenvalue weighted by atomic mass is 10.3. The van der Waals surface area contributed by atoms with Gasteiger partial charge in [0.1, 0.15) is 18.1 Å². The summed E-state index contributed by atoms with van der Waals surface area (Å²) in [5.74, 6) is 0.998. The minimum Gasteiger partial charge on any atom is -0.486 e. The Morgan fingerprint density at radius 2 is 1.86 bits per heavy atom. The summed E-state index contributed by atoms with van der Waals surface area (Å²) >= 11 is 3.28. The zero-order chi connectivity index (χ0) is 15.5. The van der Waals surface area contributed by atoms with Gasteiger partial charge in [0, 0.05) is 23.1 Å². The van der Waals surface area contributed by atoms with Crippen LogP contribution in [-0.4, -0.2) is 40.8 Å². The molecule has 0 spiro atoms. The predicted molar refractivity (Wildman–Crippen MR) is 90.7 cm³/mol. The van der Waals surface area contributed by atoms with E-state index in [0.29, 0.717) is 35.7 Å². The predicted octanol–water partition coefficient (Wildman–Crippen LogP) is 1.92. The molecule has 6 nitrogen and oxygen atoms in total. The number of rotatable bonds is 6. The fraction of sp³-hybridized carbons (Fsp3) is 0.538. The molecular formula is C13H20BrClN2O4S. The van der Waals surface area contributed by atoms with E-state index in [4.69, 9.17) is 9.47 Å². The third-order valence-electron chi connectivity index (χ3n) is 3.02. The first-order chi connectivity index (χ1) is 9.94. The Morgan fingerprint density at radius 1 is 1.27 bits per heavy atom. The van der Waals surface area contributed by atoms with Crippen molar-refractivity contribution < 1.29 is 17.9 Å². The van der Waals surface area contributed by atoms with E-state index in [1.165, 1.54) is 6.07 Å². The second-order valence-corrected chi connectivity index (χ2v) is 7.33. The summed E-state index contributed by atoms with van der Waals surface area (Å²) < 4.78 is 38.7. The van der Waals surface area contributed by atoms with Crippen LogP contribution in [0.1, 0.15) is 13.8 Å². The number of benzene rings is 1. The first kappa shape index (κ1) is 19.5. The lowest BCUT2D eigenvalue weighted by Gasteiger charge is -2.20. The van der Waals surface area contributed by atoms with Crippen LogP contribution < -0.4 is 19.5 Å². The molecule has 1 atom stereocenters. The SMILES string of the molecule is CCN[C@H](C)CNS(=O)(=O)c1cc2c(cc1Br)OCCO2.Cl. The molecule has 1 aliphatic heterocycles. The fourth-order valence-corrected chi connectivity index (χ4v) is 4.15. The van der Waals surface area contributed by atoms with Crippen molar-refractivity contribution in [3.63, 3.8) is 0 Å². The molecule has 0 bridgehead atoms. The fourth-order valence-electron chi connectivity index (χ4n) is 1.98. The Hall–Kier alpha value is -0.540. The van der Waals surface area contributed by atoms with Gasteiger partial charge in [0.25, 0.3) is 0 Å². The molecule has 9 heteroatoms. The van der Waals surface area contributed by atoms with Crippen molar-refractivity contribution in [1.29, 1.82) is 0 Å². The molecule has 0 saturated heterocycles. The standard InChI is InChI=1S/C13H19BrN2O4S.ClH/c1-3-15-9(2)8-16-21(17,18)13-7-12-11(6-10(13)14)19-4-5-20-12;/h6-7,9,15-16H,3-5,8H2,1-2H3;1H/t9-;/m1./s1. The average molecular weight is 416 g/mol. The van der Waals surface area contributed by atoms with Crippen LogP contribution in [0.2, 0.25) is 0 Å². The molecule has 1 aromatic carbocycles. The quantitative estimate of drug-likeness (QED) is 0.742. The molecule has 2 N–H and O–H groups in total. The van der Waals surface area contributed by atoms with Crippen LogP contribution in [-0.2, 0) is 10.0 Å². The highest BCUT2D eigenvalue weighted by Crippen LogP contribution is 2.37. The van der Waals surface area contributed by atoms with Crippen LogP contribution in [0.25, 0.3) is 0 Å². The smallest absolute Gasteiger partial charge is 0.241 e. The van der Waals surface area contributed by atoms with Crippen LogP contribution >= 0.6 is 28.3 Å². The molecule has 0 aromatic heterocycles. The number of nitrogens with one attached hydrogen (secondary N) is 2. The van der Waals surface area contributed by atoms with Gasteiger partial charge >= 0.3 is 0 Å². The summed E-state index contributed by atoms with van der Waals surface area (Å²) in [6, 6.07) is 3.16. The Morgan fingerprint density at radius 3 is 2.45 bits per heavy atom. The van der Waals surface area contributed by atoms with Gasteiger partial charge in [-0.2, -0.15) is 0 Å². The Labute approximate surface area is 145 Å². The van der Waals surface area contributed by atoms with E-state index in [1.807, 2.05) is 13.8 Å². The largest absolute Gasteiger partial charge is 0.486 e. The van der Waals surface area contributed by atoms with E-state index in [-0.39, 0.29) is 23.3 Å². The molecule has 22 heavy (non-hydrogen) atoms. The molecule has 0 fully saturated rings. The molecule has 0 saturated carbocycles. The summed E-state index contributed by atoms with van der Waals surface area (Å²) in [5, 5.41) is 3.15. The molecule has 0 amide bonds. The third-order valence-corrected chi connectivity index (χ3v) is 5.40. The van der Waals surface area contributed by atoms with Gasteiger partial charge in [-0.1, -0.05) is 6.92 Å². The summed E-state index contributed by atoms with van der Waals surface area (Å²) in [6.45, 7) is 5.88. The molecule has 1 heterocycles. The Balaban J connectivity index is 0.00000242. The maximum Gasteiger partial charge on any atom is 0.241 e. The summed E-state index contributed by atoms with van der Waals surface area (Å²) in [5.41, 5.74) is 0. The minimum atomic E-state index is -3.61. The van der Waals surface area contributed by atoms with E-state index in [9.17, 15) is 8.42 Å². The monoisotopic (exact) mass is 414 g/mol. The van der Waals surface area contributed by atoms with E-state index >= 15 is 0 Å². The number of hydrogen-bond acceptors (Lipinski definition) is 5.